The van der Waals surface area contributed by atoms with Gasteiger partial charge in [0.15, 0.2) is 5.82 Å². The SMILES string of the molecule is CCCCCn1c(C)c(F)c(=O)c(C(=O)Nc2c(CC)cccc2CC)c1C. The fourth-order valence-electron chi connectivity index (χ4n) is 3.65. The third-order valence-electron chi connectivity index (χ3n) is 5.37. The number of pyridine rings is 1. The third kappa shape index (κ3) is 4.34. The molecule has 5 heteroatoms. The molecule has 0 aliphatic carbocycles. The van der Waals surface area contributed by atoms with Crippen LogP contribution in [-0.4, -0.2) is 10.5 Å². The molecule has 1 N–H and O–H groups in total. The van der Waals surface area contributed by atoms with Crippen LogP contribution in [0.5, 0.6) is 0 Å². The zero-order valence-electron chi connectivity index (χ0n) is 17.6. The van der Waals surface area contributed by atoms with E-state index in [-0.39, 0.29) is 5.56 Å². The number of unbranched alkanes of at least 4 members (excludes halogenated alkanes) is 2. The van der Waals surface area contributed by atoms with Gasteiger partial charge in [-0.1, -0.05) is 51.8 Å². The molecule has 4 nitrogen and oxygen atoms in total. The number of amides is 1. The number of para-hydroxylation sites is 1. The van der Waals surface area contributed by atoms with E-state index < -0.39 is 17.2 Å². The number of aromatic nitrogens is 1. The minimum atomic E-state index is -0.841. The molecule has 1 amide bonds. The molecular weight excluding hydrogens is 355 g/mol. The molecule has 152 valence electrons. The van der Waals surface area contributed by atoms with Gasteiger partial charge in [-0.3, -0.25) is 9.59 Å². The quantitative estimate of drug-likeness (QED) is 0.636. The molecule has 0 radical (unpaired) electrons. The minimum Gasteiger partial charge on any atom is -0.345 e. The molecule has 0 aliphatic rings. The molecule has 28 heavy (non-hydrogen) atoms. The highest BCUT2D eigenvalue weighted by atomic mass is 19.1. The third-order valence-corrected chi connectivity index (χ3v) is 5.37. The number of halogens is 1. The van der Waals surface area contributed by atoms with E-state index in [1.165, 1.54) is 0 Å². The number of anilines is 1. The first-order valence-electron chi connectivity index (χ1n) is 10.2. The molecule has 0 atom stereocenters. The molecule has 2 aromatic rings. The Bertz CT molecular complexity index is 894. The molecule has 0 spiro atoms. The van der Waals surface area contributed by atoms with Crippen LogP contribution in [0.25, 0.3) is 0 Å². The first-order chi connectivity index (χ1) is 13.4. The fraction of sp³-hybridized carbons (Fsp3) is 0.478. The van der Waals surface area contributed by atoms with Crippen molar-refractivity contribution in [1.29, 1.82) is 0 Å². The van der Waals surface area contributed by atoms with Crippen LogP contribution in [0.3, 0.4) is 0 Å². The van der Waals surface area contributed by atoms with Crippen LogP contribution >= 0.6 is 0 Å². The van der Waals surface area contributed by atoms with Crippen molar-refractivity contribution in [3.63, 3.8) is 0 Å². The number of aryl methyl sites for hydroxylation is 2. The molecule has 1 aromatic carbocycles. The molecule has 1 aromatic heterocycles. The number of benzene rings is 1. The maximum absolute atomic E-state index is 14.6. The van der Waals surface area contributed by atoms with Crippen LogP contribution in [0.1, 0.15) is 72.9 Å². The maximum atomic E-state index is 14.6. The van der Waals surface area contributed by atoms with Crippen molar-refractivity contribution in [3.8, 4) is 0 Å². The molecule has 0 aliphatic heterocycles. The van der Waals surface area contributed by atoms with Gasteiger partial charge in [0.1, 0.15) is 5.56 Å². The van der Waals surface area contributed by atoms with Crippen LogP contribution in [0, 0.1) is 19.7 Å². The first kappa shape index (κ1) is 21.9. The second-order valence-electron chi connectivity index (χ2n) is 7.16. The van der Waals surface area contributed by atoms with E-state index in [0.29, 0.717) is 17.9 Å². The van der Waals surface area contributed by atoms with Gasteiger partial charge in [-0.15, -0.1) is 0 Å². The van der Waals surface area contributed by atoms with Crippen LogP contribution in [0.15, 0.2) is 23.0 Å². The van der Waals surface area contributed by atoms with Crippen molar-refractivity contribution in [2.24, 2.45) is 0 Å². The monoisotopic (exact) mass is 386 g/mol. The fourth-order valence-corrected chi connectivity index (χ4v) is 3.65. The van der Waals surface area contributed by atoms with Gasteiger partial charge in [0.25, 0.3) is 5.91 Å². The van der Waals surface area contributed by atoms with E-state index in [1.807, 2.05) is 32.0 Å². The second-order valence-corrected chi connectivity index (χ2v) is 7.16. The van der Waals surface area contributed by atoms with Crippen LogP contribution in [0.4, 0.5) is 10.1 Å². The number of rotatable bonds is 8. The second kappa shape index (κ2) is 9.67. The Kier molecular flexibility index (Phi) is 7.55. The topological polar surface area (TPSA) is 51.1 Å². The highest BCUT2D eigenvalue weighted by Crippen LogP contribution is 2.24. The lowest BCUT2D eigenvalue weighted by Crippen LogP contribution is -2.30. The summed E-state index contributed by atoms with van der Waals surface area (Å²) in [6.45, 7) is 10.0. The Morgan fingerprint density at radius 1 is 1.04 bits per heavy atom. The Balaban J connectivity index is 2.51. The summed E-state index contributed by atoms with van der Waals surface area (Å²) < 4.78 is 16.4. The molecule has 0 unspecified atom stereocenters. The number of carbonyl (C=O) groups is 1. The Morgan fingerprint density at radius 3 is 2.18 bits per heavy atom. The van der Waals surface area contributed by atoms with Crippen molar-refractivity contribution < 1.29 is 9.18 Å². The maximum Gasteiger partial charge on any atom is 0.261 e. The largest absolute Gasteiger partial charge is 0.345 e. The van der Waals surface area contributed by atoms with Crippen molar-refractivity contribution in [2.75, 3.05) is 5.32 Å². The van der Waals surface area contributed by atoms with Crippen LogP contribution in [0.2, 0.25) is 0 Å². The van der Waals surface area contributed by atoms with Crippen molar-refractivity contribution in [3.05, 3.63) is 62.3 Å². The molecular formula is C23H31FN2O2. The predicted octanol–water partition coefficient (Wildman–Crippen LogP) is 5.17. The van der Waals surface area contributed by atoms with Gasteiger partial charge in [0, 0.05) is 17.9 Å². The van der Waals surface area contributed by atoms with Crippen molar-refractivity contribution in [2.45, 2.75) is 73.3 Å². The molecule has 1 heterocycles. The number of carbonyl (C=O) groups excluding carboxylic acids is 1. The molecule has 2 rings (SSSR count). The highest BCUT2D eigenvalue weighted by Gasteiger charge is 2.23. The smallest absolute Gasteiger partial charge is 0.261 e. The Labute approximate surface area is 166 Å². The summed E-state index contributed by atoms with van der Waals surface area (Å²) >= 11 is 0. The van der Waals surface area contributed by atoms with E-state index in [9.17, 15) is 14.0 Å². The molecule has 0 saturated heterocycles. The molecule has 0 bridgehead atoms. The number of nitrogens with one attached hydrogen (secondary N) is 1. The van der Waals surface area contributed by atoms with Crippen LogP contribution < -0.4 is 10.7 Å². The zero-order chi connectivity index (χ0) is 20.8. The van der Waals surface area contributed by atoms with Gasteiger partial charge in [-0.05, 0) is 44.2 Å². The van der Waals surface area contributed by atoms with Crippen molar-refractivity contribution in [1.82, 2.24) is 4.57 Å². The average molecular weight is 387 g/mol. The summed E-state index contributed by atoms with van der Waals surface area (Å²) in [5.41, 5.74) is 2.61. The van der Waals surface area contributed by atoms with E-state index in [4.69, 9.17) is 0 Å². The van der Waals surface area contributed by atoms with E-state index >= 15 is 0 Å². The first-order valence-corrected chi connectivity index (χ1v) is 10.2. The number of nitrogens with zero attached hydrogens (tertiary/aromatic N) is 1. The molecule has 0 saturated carbocycles. The summed E-state index contributed by atoms with van der Waals surface area (Å²) in [7, 11) is 0. The number of hydrogen-bond acceptors (Lipinski definition) is 2. The summed E-state index contributed by atoms with van der Waals surface area (Å²) in [5, 5.41) is 2.90. The minimum absolute atomic E-state index is 0.104. The lowest BCUT2D eigenvalue weighted by molar-refractivity contribution is 0.102. The summed E-state index contributed by atoms with van der Waals surface area (Å²) in [6, 6.07) is 5.88. The average Bonchev–Trinajstić information content (AvgIpc) is 2.69. The standard InChI is InChI=1S/C23H31FN2O2/c1-6-9-10-14-26-15(4)19(22(27)20(24)16(26)5)23(28)25-21-17(7-2)12-11-13-18(21)8-3/h11-13H,6-10,14H2,1-5H3,(H,25,28). The summed E-state index contributed by atoms with van der Waals surface area (Å²) in [4.78, 5) is 25.6. The summed E-state index contributed by atoms with van der Waals surface area (Å²) in [5.74, 6) is -1.38. The lowest BCUT2D eigenvalue weighted by Gasteiger charge is -2.19. The van der Waals surface area contributed by atoms with Gasteiger partial charge >= 0.3 is 0 Å². The molecule has 0 fully saturated rings. The van der Waals surface area contributed by atoms with Crippen LogP contribution in [-0.2, 0) is 19.4 Å². The number of hydrogen-bond donors (Lipinski definition) is 1. The highest BCUT2D eigenvalue weighted by molar-refractivity contribution is 6.05. The Hall–Kier alpha value is -2.43. The van der Waals surface area contributed by atoms with Gasteiger partial charge in [0.05, 0.1) is 5.69 Å². The Morgan fingerprint density at radius 2 is 1.64 bits per heavy atom. The van der Waals surface area contributed by atoms with Gasteiger partial charge < -0.3 is 9.88 Å². The normalized spacial score (nSPS) is 10.9. The van der Waals surface area contributed by atoms with Gasteiger partial charge in [-0.2, -0.15) is 0 Å². The predicted molar refractivity (Wildman–Crippen MR) is 113 cm³/mol. The van der Waals surface area contributed by atoms with E-state index in [1.54, 1.807) is 18.4 Å². The van der Waals surface area contributed by atoms with Crippen molar-refractivity contribution >= 4 is 11.6 Å². The van der Waals surface area contributed by atoms with E-state index in [2.05, 4.69) is 12.2 Å². The lowest BCUT2D eigenvalue weighted by atomic mass is 10.0. The van der Waals surface area contributed by atoms with E-state index in [0.717, 1.165) is 48.9 Å². The van der Waals surface area contributed by atoms with Gasteiger partial charge in [0.2, 0.25) is 5.43 Å². The summed E-state index contributed by atoms with van der Waals surface area (Å²) in [6.07, 6.45) is 4.44. The zero-order valence-corrected chi connectivity index (χ0v) is 17.6. The van der Waals surface area contributed by atoms with Gasteiger partial charge in [-0.25, -0.2) is 4.39 Å².